The number of pyridine rings is 2. The van der Waals surface area contributed by atoms with Crippen LogP contribution in [0, 0.1) is 0 Å². The van der Waals surface area contributed by atoms with Gasteiger partial charge in [0.15, 0.2) is 11.5 Å². The average molecular weight is 485 g/mol. The van der Waals surface area contributed by atoms with Crippen LogP contribution in [0.1, 0.15) is 24.8 Å². The van der Waals surface area contributed by atoms with Gasteiger partial charge in [-0.25, -0.2) is 15.0 Å². The van der Waals surface area contributed by atoms with E-state index in [9.17, 15) is 0 Å². The molecule has 0 amide bonds. The molecule has 9 nitrogen and oxygen atoms in total. The number of anilines is 2. The molecule has 186 valence electrons. The molecule has 36 heavy (non-hydrogen) atoms. The lowest BCUT2D eigenvalue weighted by Gasteiger charge is -2.38. The summed E-state index contributed by atoms with van der Waals surface area (Å²) in [6, 6.07) is 16.2. The van der Waals surface area contributed by atoms with Crippen LogP contribution in [-0.2, 0) is 10.3 Å². The van der Waals surface area contributed by atoms with Crippen molar-refractivity contribution in [3.8, 4) is 17.1 Å². The van der Waals surface area contributed by atoms with Gasteiger partial charge in [0.05, 0.1) is 18.8 Å². The van der Waals surface area contributed by atoms with E-state index in [-0.39, 0.29) is 5.54 Å². The summed E-state index contributed by atoms with van der Waals surface area (Å²) in [4.78, 5) is 16.6. The topological polar surface area (TPSA) is 120 Å². The minimum absolute atomic E-state index is 0.206. The molecule has 1 aliphatic heterocycles. The number of fused-ring (bicyclic) bond motifs is 1. The van der Waals surface area contributed by atoms with Crippen LogP contribution < -0.4 is 16.8 Å². The van der Waals surface area contributed by atoms with E-state index in [2.05, 4.69) is 44.0 Å². The van der Waals surface area contributed by atoms with Crippen molar-refractivity contribution in [2.45, 2.75) is 24.8 Å². The van der Waals surface area contributed by atoms with Crippen LogP contribution in [0.4, 0.5) is 11.6 Å². The predicted molar refractivity (Wildman–Crippen MR) is 142 cm³/mol. The Morgan fingerprint density at radius 3 is 2.53 bits per heavy atom. The molecule has 2 fully saturated rings. The Hall–Kier alpha value is -3.53. The standard InChI is InChI=1S/C27H32N8O/c28-24-21(3-1-12-31-24)25-32-22-8-9-23(30-13-14-34-15-17-36-18-16-34)33-26(22)35(25)20-6-4-19(5-7-20)27(29)10-2-11-27/h1,3-9,12H,2,10-11,13-18,29H2,(H2,28,31)(H,30,33). The Labute approximate surface area is 210 Å². The number of hydrogen-bond donors (Lipinski definition) is 3. The lowest BCUT2D eigenvalue weighted by atomic mass is 9.73. The molecule has 6 rings (SSSR count). The molecule has 4 aromatic rings. The van der Waals surface area contributed by atoms with Crippen LogP contribution in [0.5, 0.6) is 0 Å². The Balaban J connectivity index is 1.36. The number of nitrogen functional groups attached to an aromatic ring is 1. The van der Waals surface area contributed by atoms with Gasteiger partial charge >= 0.3 is 0 Å². The second kappa shape index (κ2) is 9.50. The highest BCUT2D eigenvalue weighted by atomic mass is 16.5. The molecule has 1 aliphatic carbocycles. The zero-order chi connectivity index (χ0) is 24.5. The van der Waals surface area contributed by atoms with Crippen molar-refractivity contribution in [2.24, 2.45) is 5.73 Å². The maximum Gasteiger partial charge on any atom is 0.167 e. The van der Waals surface area contributed by atoms with Gasteiger partial charge in [-0.1, -0.05) is 12.1 Å². The molecule has 0 spiro atoms. The SMILES string of the molecule is Nc1ncccc1-c1nc2ccc(NCCN3CCOCC3)nc2n1-c1ccc(C2(N)CCC2)cc1. The number of benzene rings is 1. The van der Waals surface area contributed by atoms with Gasteiger partial charge in [0, 0.05) is 43.6 Å². The lowest BCUT2D eigenvalue weighted by molar-refractivity contribution is 0.0398. The summed E-state index contributed by atoms with van der Waals surface area (Å²) in [5, 5.41) is 3.48. The van der Waals surface area contributed by atoms with Crippen molar-refractivity contribution in [3.05, 3.63) is 60.3 Å². The molecular weight excluding hydrogens is 452 g/mol. The highest BCUT2D eigenvalue weighted by Gasteiger charge is 2.34. The quantitative estimate of drug-likeness (QED) is 0.366. The molecule has 0 unspecified atom stereocenters. The number of imidazole rings is 1. The highest BCUT2D eigenvalue weighted by Crippen LogP contribution is 2.39. The van der Waals surface area contributed by atoms with E-state index < -0.39 is 0 Å². The monoisotopic (exact) mass is 484 g/mol. The van der Waals surface area contributed by atoms with Crippen molar-refractivity contribution >= 4 is 22.8 Å². The molecular formula is C27H32N8O. The lowest BCUT2D eigenvalue weighted by Crippen LogP contribution is -2.43. The highest BCUT2D eigenvalue weighted by molar-refractivity contribution is 5.83. The Morgan fingerprint density at radius 2 is 1.81 bits per heavy atom. The van der Waals surface area contributed by atoms with Gasteiger partial charge in [0.1, 0.15) is 17.2 Å². The second-order valence-corrected chi connectivity index (χ2v) is 9.68. The van der Waals surface area contributed by atoms with Crippen molar-refractivity contribution in [2.75, 3.05) is 50.4 Å². The molecule has 1 saturated carbocycles. The summed E-state index contributed by atoms with van der Waals surface area (Å²) < 4.78 is 7.51. The summed E-state index contributed by atoms with van der Waals surface area (Å²) in [6.45, 7) is 5.29. The third-order valence-electron chi connectivity index (χ3n) is 7.37. The van der Waals surface area contributed by atoms with E-state index in [1.807, 2.05) is 24.3 Å². The first-order valence-corrected chi connectivity index (χ1v) is 12.6. The molecule has 3 aromatic heterocycles. The van der Waals surface area contributed by atoms with E-state index in [1.54, 1.807) is 6.20 Å². The van der Waals surface area contributed by atoms with Crippen LogP contribution >= 0.6 is 0 Å². The van der Waals surface area contributed by atoms with E-state index in [4.69, 9.17) is 26.2 Å². The Bertz CT molecular complexity index is 1360. The Kier molecular flexibility index (Phi) is 6.04. The largest absolute Gasteiger partial charge is 0.383 e. The number of nitrogens with two attached hydrogens (primary N) is 2. The minimum atomic E-state index is -0.206. The second-order valence-electron chi connectivity index (χ2n) is 9.68. The summed E-state index contributed by atoms with van der Waals surface area (Å²) in [7, 11) is 0. The molecule has 2 aliphatic rings. The normalized spacial score (nSPS) is 17.7. The fourth-order valence-electron chi connectivity index (χ4n) is 5.04. The van der Waals surface area contributed by atoms with Gasteiger partial charge in [0.2, 0.25) is 0 Å². The first kappa shape index (κ1) is 22.9. The van der Waals surface area contributed by atoms with Gasteiger partial charge in [-0.3, -0.25) is 9.47 Å². The van der Waals surface area contributed by atoms with E-state index in [0.717, 1.165) is 80.5 Å². The van der Waals surface area contributed by atoms with Gasteiger partial charge in [-0.15, -0.1) is 0 Å². The van der Waals surface area contributed by atoms with Gasteiger partial charge in [0.25, 0.3) is 0 Å². The van der Waals surface area contributed by atoms with Crippen molar-refractivity contribution in [1.29, 1.82) is 0 Å². The third-order valence-corrected chi connectivity index (χ3v) is 7.37. The van der Waals surface area contributed by atoms with Crippen LogP contribution in [0.3, 0.4) is 0 Å². The molecule has 0 bridgehead atoms. The van der Waals surface area contributed by atoms with Crippen molar-refractivity contribution in [3.63, 3.8) is 0 Å². The molecule has 9 heteroatoms. The fourth-order valence-corrected chi connectivity index (χ4v) is 5.04. The first-order chi connectivity index (χ1) is 17.6. The number of hydrogen-bond acceptors (Lipinski definition) is 8. The molecule has 1 aromatic carbocycles. The number of morpholine rings is 1. The van der Waals surface area contributed by atoms with Gasteiger partial charge in [-0.05, 0) is 61.2 Å². The number of aromatic nitrogens is 4. The third kappa shape index (κ3) is 4.30. The van der Waals surface area contributed by atoms with Gasteiger partial charge < -0.3 is 21.5 Å². The number of nitrogens with zero attached hydrogens (tertiary/aromatic N) is 5. The summed E-state index contributed by atoms with van der Waals surface area (Å²) in [6.07, 6.45) is 4.92. The Morgan fingerprint density at radius 1 is 1.00 bits per heavy atom. The minimum Gasteiger partial charge on any atom is -0.383 e. The zero-order valence-electron chi connectivity index (χ0n) is 20.4. The fraction of sp³-hybridized carbons (Fsp3) is 0.370. The zero-order valence-corrected chi connectivity index (χ0v) is 20.4. The predicted octanol–water partition coefficient (Wildman–Crippen LogP) is 3.15. The molecule has 0 radical (unpaired) electrons. The molecule has 0 atom stereocenters. The first-order valence-electron chi connectivity index (χ1n) is 12.6. The molecule has 5 N–H and O–H groups in total. The van der Waals surface area contributed by atoms with Crippen LogP contribution in [0.2, 0.25) is 0 Å². The number of rotatable bonds is 7. The maximum atomic E-state index is 6.57. The smallest absolute Gasteiger partial charge is 0.167 e. The molecule has 4 heterocycles. The van der Waals surface area contributed by atoms with Gasteiger partial charge in [-0.2, -0.15) is 0 Å². The number of nitrogens with one attached hydrogen (secondary N) is 1. The molecule has 1 saturated heterocycles. The summed E-state index contributed by atoms with van der Waals surface area (Å²) >= 11 is 0. The van der Waals surface area contributed by atoms with Crippen LogP contribution in [0.15, 0.2) is 54.7 Å². The van der Waals surface area contributed by atoms with Crippen LogP contribution in [-0.4, -0.2) is 63.8 Å². The summed E-state index contributed by atoms with van der Waals surface area (Å²) in [5.74, 6) is 1.96. The van der Waals surface area contributed by atoms with Crippen molar-refractivity contribution in [1.82, 2.24) is 24.4 Å². The summed E-state index contributed by atoms with van der Waals surface area (Å²) in [5.41, 5.74) is 17.1. The van der Waals surface area contributed by atoms with E-state index >= 15 is 0 Å². The maximum absolute atomic E-state index is 6.57. The van der Waals surface area contributed by atoms with E-state index in [1.165, 1.54) is 12.0 Å². The van der Waals surface area contributed by atoms with E-state index in [0.29, 0.717) is 11.6 Å². The van der Waals surface area contributed by atoms with Crippen LogP contribution in [0.25, 0.3) is 28.2 Å². The number of ether oxygens (including phenoxy) is 1. The average Bonchev–Trinajstić information content (AvgIpc) is 3.27. The van der Waals surface area contributed by atoms with Crippen molar-refractivity contribution < 1.29 is 4.74 Å².